The van der Waals surface area contributed by atoms with Crippen molar-refractivity contribution in [1.82, 2.24) is 5.32 Å². The minimum Gasteiger partial charge on any atom is -0.469 e. The van der Waals surface area contributed by atoms with E-state index in [0.29, 0.717) is 6.42 Å². The van der Waals surface area contributed by atoms with Crippen LogP contribution in [0, 0.1) is 5.92 Å². The molecule has 20 heavy (non-hydrogen) atoms. The van der Waals surface area contributed by atoms with Gasteiger partial charge in [0.1, 0.15) is 0 Å². The summed E-state index contributed by atoms with van der Waals surface area (Å²) in [6.45, 7) is 2.03. The summed E-state index contributed by atoms with van der Waals surface area (Å²) in [4.78, 5) is 23.6. The van der Waals surface area contributed by atoms with Crippen molar-refractivity contribution < 1.29 is 19.1 Å². The lowest BCUT2D eigenvalue weighted by molar-refractivity contribution is -0.143. The van der Waals surface area contributed by atoms with Crippen molar-refractivity contribution in [1.29, 1.82) is 0 Å². The summed E-state index contributed by atoms with van der Waals surface area (Å²) >= 11 is 0. The molecule has 0 bridgehead atoms. The van der Waals surface area contributed by atoms with Crippen LogP contribution in [0.4, 0.5) is 0 Å². The van der Waals surface area contributed by atoms with Crippen molar-refractivity contribution >= 4 is 11.9 Å². The fourth-order valence-corrected chi connectivity index (χ4v) is 2.79. The Morgan fingerprint density at radius 1 is 1.35 bits per heavy atom. The molecule has 1 rings (SSSR count). The second-order valence-corrected chi connectivity index (χ2v) is 5.85. The van der Waals surface area contributed by atoms with Crippen molar-refractivity contribution in [3.8, 4) is 0 Å². The zero-order valence-electron chi connectivity index (χ0n) is 12.6. The highest BCUT2D eigenvalue weighted by atomic mass is 16.5. The van der Waals surface area contributed by atoms with Gasteiger partial charge in [0.05, 0.1) is 25.7 Å². The molecule has 0 aromatic rings. The second kappa shape index (κ2) is 7.59. The van der Waals surface area contributed by atoms with Crippen molar-refractivity contribution in [3.63, 3.8) is 0 Å². The predicted molar refractivity (Wildman–Crippen MR) is 75.0 cm³/mol. The van der Waals surface area contributed by atoms with Gasteiger partial charge in [-0.25, -0.2) is 0 Å². The van der Waals surface area contributed by atoms with Crippen molar-refractivity contribution in [2.45, 2.75) is 50.6 Å². The van der Waals surface area contributed by atoms with Crippen LogP contribution in [-0.4, -0.2) is 44.3 Å². The van der Waals surface area contributed by atoms with E-state index in [2.05, 4.69) is 10.1 Å². The quantitative estimate of drug-likeness (QED) is 0.668. The first kappa shape index (κ1) is 16.9. The number of hydrogen-bond acceptors (Lipinski definition) is 5. The van der Waals surface area contributed by atoms with Gasteiger partial charge < -0.3 is 20.5 Å². The third-order valence-corrected chi connectivity index (χ3v) is 3.83. The smallest absolute Gasteiger partial charge is 0.307 e. The Bertz CT molecular complexity index is 348. The van der Waals surface area contributed by atoms with E-state index in [-0.39, 0.29) is 36.9 Å². The van der Waals surface area contributed by atoms with Crippen molar-refractivity contribution in [3.05, 3.63) is 0 Å². The van der Waals surface area contributed by atoms with Gasteiger partial charge in [-0.05, 0) is 25.7 Å². The molecule has 6 nitrogen and oxygen atoms in total. The predicted octanol–water partition coefficient (Wildman–Crippen LogP) is 0.588. The van der Waals surface area contributed by atoms with E-state index in [1.54, 1.807) is 6.92 Å². The molecule has 1 aliphatic carbocycles. The van der Waals surface area contributed by atoms with Crippen LogP contribution in [0.25, 0.3) is 0 Å². The van der Waals surface area contributed by atoms with Crippen molar-refractivity contribution in [2.24, 2.45) is 11.7 Å². The lowest BCUT2D eigenvalue weighted by Gasteiger charge is -2.29. The fourth-order valence-electron chi connectivity index (χ4n) is 2.79. The Kier molecular flexibility index (Phi) is 6.42. The number of hydrogen-bond donors (Lipinski definition) is 2. The van der Waals surface area contributed by atoms with Crippen LogP contribution >= 0.6 is 0 Å². The van der Waals surface area contributed by atoms with Gasteiger partial charge in [0, 0.05) is 19.6 Å². The molecule has 3 N–H and O–H groups in total. The first-order valence-electron chi connectivity index (χ1n) is 7.02. The monoisotopic (exact) mass is 286 g/mol. The van der Waals surface area contributed by atoms with Crippen LogP contribution in [0.15, 0.2) is 0 Å². The second-order valence-electron chi connectivity index (χ2n) is 5.85. The average Bonchev–Trinajstić information content (AvgIpc) is 2.74. The highest BCUT2D eigenvalue weighted by molar-refractivity contribution is 5.79. The number of nitrogens with two attached hydrogens (primary N) is 1. The molecule has 0 aromatic heterocycles. The van der Waals surface area contributed by atoms with Crippen LogP contribution in [-0.2, 0) is 19.1 Å². The largest absolute Gasteiger partial charge is 0.469 e. The number of esters is 1. The SMILES string of the molecule is COCC(C)(CC(=O)OC)NC(=O)C[C@@H]1CCC[C@H]1N. The first-order chi connectivity index (χ1) is 9.40. The van der Waals surface area contributed by atoms with Gasteiger partial charge in [-0.15, -0.1) is 0 Å². The fraction of sp³-hybridized carbons (Fsp3) is 0.857. The number of amides is 1. The highest BCUT2D eigenvalue weighted by Crippen LogP contribution is 2.27. The molecule has 0 heterocycles. The number of carbonyl (C=O) groups is 2. The molecule has 0 spiro atoms. The van der Waals surface area contributed by atoms with Crippen LogP contribution < -0.4 is 11.1 Å². The standard InChI is InChI=1S/C14H26N2O4/c1-14(9-19-2,8-13(18)20-3)16-12(17)7-10-5-4-6-11(10)15/h10-11H,4-9,15H2,1-3H3,(H,16,17)/t10-,11+,14?/m0/s1. The maximum atomic E-state index is 12.1. The summed E-state index contributed by atoms with van der Waals surface area (Å²) in [7, 11) is 2.86. The normalized spacial score (nSPS) is 25.0. The Hall–Kier alpha value is -1.14. The molecule has 116 valence electrons. The summed E-state index contributed by atoms with van der Waals surface area (Å²) in [6, 6.07) is 0.107. The van der Waals surface area contributed by atoms with Gasteiger partial charge in [0.15, 0.2) is 0 Å². The van der Waals surface area contributed by atoms with Crippen LogP contribution in [0.1, 0.15) is 39.0 Å². The molecule has 0 aliphatic heterocycles. The lowest BCUT2D eigenvalue weighted by Crippen LogP contribution is -2.51. The zero-order valence-corrected chi connectivity index (χ0v) is 12.6. The summed E-state index contributed by atoms with van der Waals surface area (Å²) in [5.74, 6) is -0.224. The lowest BCUT2D eigenvalue weighted by atomic mass is 9.96. The van der Waals surface area contributed by atoms with E-state index in [9.17, 15) is 9.59 Å². The zero-order chi connectivity index (χ0) is 15.2. The number of methoxy groups -OCH3 is 2. The molecule has 6 heteroatoms. The van der Waals surface area contributed by atoms with Gasteiger partial charge in [-0.1, -0.05) is 6.42 Å². The molecule has 1 amide bonds. The van der Waals surface area contributed by atoms with E-state index in [4.69, 9.17) is 10.5 Å². The summed E-state index contributed by atoms with van der Waals surface area (Å²) in [6.07, 6.45) is 3.54. The molecule has 0 saturated heterocycles. The van der Waals surface area contributed by atoms with Gasteiger partial charge in [-0.3, -0.25) is 9.59 Å². The molecular weight excluding hydrogens is 260 g/mol. The van der Waals surface area contributed by atoms with Crippen LogP contribution in [0.3, 0.4) is 0 Å². The third-order valence-electron chi connectivity index (χ3n) is 3.83. The number of ether oxygens (including phenoxy) is 2. The molecule has 1 aliphatic rings. The van der Waals surface area contributed by atoms with Gasteiger partial charge in [0.2, 0.25) is 5.91 Å². The first-order valence-corrected chi connectivity index (χ1v) is 7.02. The Labute approximate surface area is 120 Å². The molecule has 1 unspecified atom stereocenters. The van der Waals surface area contributed by atoms with E-state index in [0.717, 1.165) is 19.3 Å². The van der Waals surface area contributed by atoms with Gasteiger partial charge >= 0.3 is 5.97 Å². The molecule has 3 atom stereocenters. The Morgan fingerprint density at radius 2 is 2.05 bits per heavy atom. The van der Waals surface area contributed by atoms with E-state index in [1.807, 2.05) is 0 Å². The molecule has 0 aromatic carbocycles. The highest BCUT2D eigenvalue weighted by Gasteiger charge is 2.32. The molecule has 1 saturated carbocycles. The minimum absolute atomic E-state index is 0.0831. The maximum Gasteiger partial charge on any atom is 0.307 e. The Balaban J connectivity index is 2.55. The van der Waals surface area contributed by atoms with E-state index < -0.39 is 5.54 Å². The summed E-state index contributed by atoms with van der Waals surface area (Å²) in [5.41, 5.74) is 5.22. The topological polar surface area (TPSA) is 90.6 Å². The van der Waals surface area contributed by atoms with Gasteiger partial charge in [0.25, 0.3) is 0 Å². The van der Waals surface area contributed by atoms with Gasteiger partial charge in [-0.2, -0.15) is 0 Å². The Morgan fingerprint density at radius 3 is 2.55 bits per heavy atom. The minimum atomic E-state index is -0.748. The summed E-state index contributed by atoms with van der Waals surface area (Å²) < 4.78 is 9.76. The van der Waals surface area contributed by atoms with Crippen molar-refractivity contribution in [2.75, 3.05) is 20.8 Å². The number of carbonyl (C=O) groups excluding carboxylic acids is 2. The average molecular weight is 286 g/mol. The number of rotatable bonds is 7. The van der Waals surface area contributed by atoms with Crippen LogP contribution in [0.2, 0.25) is 0 Å². The maximum absolute atomic E-state index is 12.1. The van der Waals surface area contributed by atoms with E-state index in [1.165, 1.54) is 14.2 Å². The van der Waals surface area contributed by atoms with E-state index >= 15 is 0 Å². The van der Waals surface area contributed by atoms with Crippen LogP contribution in [0.5, 0.6) is 0 Å². The number of nitrogens with one attached hydrogen (secondary N) is 1. The molecule has 0 radical (unpaired) electrons. The summed E-state index contributed by atoms with van der Waals surface area (Å²) in [5, 5.41) is 2.89. The molecular formula is C14H26N2O4. The third kappa shape index (κ3) is 5.09. The molecule has 1 fully saturated rings.